The first kappa shape index (κ1) is 32.4. The van der Waals surface area contributed by atoms with Crippen molar-refractivity contribution in [2.24, 2.45) is 16.5 Å². The Morgan fingerprint density at radius 2 is 1.95 bits per heavy atom. The molecule has 9 nitrogen and oxygen atoms in total. The van der Waals surface area contributed by atoms with Gasteiger partial charge in [-0.1, -0.05) is 67.5 Å². The summed E-state index contributed by atoms with van der Waals surface area (Å²) in [7, 11) is 0. The Morgan fingerprint density at radius 1 is 1.24 bits per heavy atom. The maximum absolute atomic E-state index is 12.6. The van der Waals surface area contributed by atoms with Crippen molar-refractivity contribution < 1.29 is 29.6 Å². The molecule has 3 rings (SSSR count). The number of ether oxygens (including phenoxy) is 2. The molecule has 224 valence electrons. The first-order valence-electron chi connectivity index (χ1n) is 14.2. The van der Waals surface area contributed by atoms with E-state index in [1.165, 1.54) is 30.4 Å². The van der Waals surface area contributed by atoms with E-state index in [0.29, 0.717) is 17.9 Å². The van der Waals surface area contributed by atoms with Crippen molar-refractivity contribution in [3.8, 4) is 5.75 Å². The molecule has 2 aliphatic rings. The van der Waals surface area contributed by atoms with Crippen molar-refractivity contribution in [2.75, 3.05) is 11.9 Å². The third kappa shape index (κ3) is 8.94. The van der Waals surface area contributed by atoms with Crippen LogP contribution in [0.15, 0.2) is 76.5 Å². The molecule has 0 bridgehead atoms. The minimum absolute atomic E-state index is 0.0355. The summed E-state index contributed by atoms with van der Waals surface area (Å²) in [5.74, 6) is 0.207. The Kier molecular flexibility index (Phi) is 11.6. The molecule has 6 atom stereocenters. The lowest BCUT2D eigenvalue weighted by Gasteiger charge is -2.38. The van der Waals surface area contributed by atoms with E-state index in [0.717, 1.165) is 5.57 Å². The Bertz CT molecular complexity index is 1170. The molecule has 0 aromatic heterocycles. The molecular weight excluding hydrogens is 524 g/mol. The molecule has 1 saturated heterocycles. The lowest BCUT2D eigenvalue weighted by molar-refractivity contribution is -0.247. The molecule has 0 radical (unpaired) electrons. The lowest BCUT2D eigenvalue weighted by Crippen LogP contribution is -2.59. The third-order valence-corrected chi connectivity index (χ3v) is 7.72. The number of hydrogen-bond acceptors (Lipinski definition) is 8. The standard InChI is InChI=1S/C32H44N2O7/c1-20(11-16-25-22(3)10-7-17-32(25,4)5)8-6-9-21(2)18-27(36)33-23-12-14-24(15-13-23)40-31-30(38)29(37)28(34-39)26(19-35)41-31/h6,8-9,11-16,21,26,28-31,35,37-38H,7,10,17-19H2,1-5H3,(H,33,36)/b9-6+,16-11+,20-8+. The quantitative estimate of drug-likeness (QED) is 0.213. The average Bonchev–Trinajstić information content (AvgIpc) is 2.91. The summed E-state index contributed by atoms with van der Waals surface area (Å²) in [4.78, 5) is 23.5. The number of aliphatic hydroxyl groups excluding tert-OH is 3. The Morgan fingerprint density at radius 3 is 2.59 bits per heavy atom. The highest BCUT2D eigenvalue weighted by Gasteiger charge is 2.46. The van der Waals surface area contributed by atoms with E-state index in [2.05, 4.69) is 56.4 Å². The second-order valence-corrected chi connectivity index (χ2v) is 11.7. The number of nitrogens with zero attached hydrogens (tertiary/aromatic N) is 1. The van der Waals surface area contributed by atoms with Gasteiger partial charge in [0.15, 0.2) is 0 Å². The summed E-state index contributed by atoms with van der Waals surface area (Å²) in [6, 6.07) is 5.13. The number of amides is 1. The van der Waals surface area contributed by atoms with Gasteiger partial charge in [-0.25, -0.2) is 0 Å². The van der Waals surface area contributed by atoms with Gasteiger partial charge >= 0.3 is 0 Å². The van der Waals surface area contributed by atoms with Crippen LogP contribution >= 0.6 is 0 Å². The smallest absolute Gasteiger partial charge is 0.229 e. The number of nitroso groups, excluding NO2 is 1. The van der Waals surface area contributed by atoms with Crippen molar-refractivity contribution in [3.63, 3.8) is 0 Å². The van der Waals surface area contributed by atoms with E-state index in [1.54, 1.807) is 24.3 Å². The maximum Gasteiger partial charge on any atom is 0.229 e. The molecule has 41 heavy (non-hydrogen) atoms. The molecule has 1 fully saturated rings. The number of carbonyl (C=O) groups is 1. The fraction of sp³-hybridized carbons (Fsp3) is 0.531. The van der Waals surface area contributed by atoms with Crippen LogP contribution in [0, 0.1) is 16.2 Å². The van der Waals surface area contributed by atoms with E-state index < -0.39 is 37.3 Å². The summed E-state index contributed by atoms with van der Waals surface area (Å²) in [6.45, 7) is 10.3. The molecule has 9 heteroatoms. The fourth-order valence-electron chi connectivity index (χ4n) is 5.30. The van der Waals surface area contributed by atoms with Gasteiger partial charge in [-0.05, 0) is 74.3 Å². The molecule has 1 amide bonds. The molecule has 0 spiro atoms. The van der Waals surface area contributed by atoms with E-state index in [-0.39, 0.29) is 17.2 Å². The topological polar surface area (TPSA) is 138 Å². The zero-order valence-corrected chi connectivity index (χ0v) is 24.6. The van der Waals surface area contributed by atoms with E-state index in [1.807, 2.05) is 19.1 Å². The van der Waals surface area contributed by atoms with Crippen LogP contribution in [0.4, 0.5) is 5.69 Å². The number of anilines is 1. The van der Waals surface area contributed by atoms with Crippen LogP contribution in [0.1, 0.15) is 60.3 Å². The summed E-state index contributed by atoms with van der Waals surface area (Å²) in [6.07, 6.45) is 8.94. The molecule has 1 aliphatic heterocycles. The predicted octanol–water partition coefficient (Wildman–Crippen LogP) is 5.19. The third-order valence-electron chi connectivity index (χ3n) is 7.72. The monoisotopic (exact) mass is 568 g/mol. The van der Waals surface area contributed by atoms with Gasteiger partial charge < -0.3 is 30.1 Å². The molecule has 4 N–H and O–H groups in total. The highest BCUT2D eigenvalue weighted by molar-refractivity contribution is 5.91. The van der Waals surface area contributed by atoms with Gasteiger partial charge in [-0.3, -0.25) is 4.79 Å². The van der Waals surface area contributed by atoms with Crippen LogP contribution in [0.5, 0.6) is 5.75 Å². The number of aliphatic hydroxyl groups is 3. The second-order valence-electron chi connectivity index (χ2n) is 11.7. The molecule has 6 unspecified atom stereocenters. The van der Waals surface area contributed by atoms with Crippen LogP contribution in [0.25, 0.3) is 0 Å². The van der Waals surface area contributed by atoms with Crippen LogP contribution in [0.2, 0.25) is 0 Å². The Labute approximate surface area is 242 Å². The zero-order chi connectivity index (χ0) is 30.2. The molecule has 1 heterocycles. The highest BCUT2D eigenvalue weighted by Crippen LogP contribution is 2.40. The van der Waals surface area contributed by atoms with Crippen molar-refractivity contribution >= 4 is 11.6 Å². The van der Waals surface area contributed by atoms with Crippen molar-refractivity contribution in [1.82, 2.24) is 0 Å². The molecule has 1 aromatic rings. The van der Waals surface area contributed by atoms with Crippen LogP contribution < -0.4 is 10.1 Å². The first-order valence-corrected chi connectivity index (χ1v) is 14.2. The summed E-state index contributed by atoms with van der Waals surface area (Å²) in [5, 5.41) is 35.3. The summed E-state index contributed by atoms with van der Waals surface area (Å²) >= 11 is 0. The molecule has 1 aliphatic carbocycles. The molecule has 1 aromatic carbocycles. The maximum atomic E-state index is 12.6. The number of rotatable bonds is 11. The van der Waals surface area contributed by atoms with Gasteiger partial charge in [0.25, 0.3) is 0 Å². The van der Waals surface area contributed by atoms with Gasteiger partial charge in [0, 0.05) is 12.1 Å². The summed E-state index contributed by atoms with van der Waals surface area (Å²) in [5.41, 5.74) is 4.84. The molecular formula is C32H44N2O7. The lowest BCUT2D eigenvalue weighted by atomic mass is 9.72. The van der Waals surface area contributed by atoms with Crippen LogP contribution in [0.3, 0.4) is 0 Å². The Hall–Kier alpha value is -3.11. The fourth-order valence-corrected chi connectivity index (χ4v) is 5.30. The second kappa shape index (κ2) is 14.7. The van der Waals surface area contributed by atoms with E-state index in [9.17, 15) is 25.0 Å². The van der Waals surface area contributed by atoms with E-state index >= 15 is 0 Å². The van der Waals surface area contributed by atoms with E-state index in [4.69, 9.17) is 9.47 Å². The summed E-state index contributed by atoms with van der Waals surface area (Å²) < 4.78 is 11.0. The average molecular weight is 569 g/mol. The van der Waals surface area contributed by atoms with Gasteiger partial charge in [-0.15, -0.1) is 0 Å². The van der Waals surface area contributed by atoms with Gasteiger partial charge in [0.2, 0.25) is 12.2 Å². The van der Waals surface area contributed by atoms with Crippen LogP contribution in [-0.2, 0) is 9.53 Å². The van der Waals surface area contributed by atoms with Crippen LogP contribution in [-0.4, -0.2) is 58.5 Å². The number of allylic oxidation sites excluding steroid dienone is 8. The van der Waals surface area contributed by atoms with Gasteiger partial charge in [0.05, 0.1) is 6.61 Å². The van der Waals surface area contributed by atoms with Crippen molar-refractivity contribution in [2.45, 2.75) is 90.9 Å². The number of benzene rings is 1. The van der Waals surface area contributed by atoms with Gasteiger partial charge in [0.1, 0.15) is 30.1 Å². The largest absolute Gasteiger partial charge is 0.462 e. The van der Waals surface area contributed by atoms with Crippen molar-refractivity contribution in [3.05, 3.63) is 76.3 Å². The zero-order valence-electron chi connectivity index (χ0n) is 24.6. The minimum Gasteiger partial charge on any atom is -0.462 e. The van der Waals surface area contributed by atoms with Crippen molar-refractivity contribution in [1.29, 1.82) is 0 Å². The number of hydrogen-bond donors (Lipinski definition) is 4. The number of nitrogens with one attached hydrogen (secondary N) is 1. The normalized spacial score (nSPS) is 27.7. The SMILES string of the molecule is CC1=C(/C=C/C(C)=C/C=C/C(C)CC(=O)Nc2ccc(OC3OC(CO)C(N=O)C(O)C3O)cc2)C(C)(C)CCC1. The first-order chi connectivity index (χ1) is 19.4. The molecule has 0 saturated carbocycles. The highest BCUT2D eigenvalue weighted by atomic mass is 16.7. The van der Waals surface area contributed by atoms with Gasteiger partial charge in [-0.2, -0.15) is 4.91 Å². The predicted molar refractivity (Wildman–Crippen MR) is 159 cm³/mol. The number of carbonyl (C=O) groups excluding carboxylic acids is 1. The minimum atomic E-state index is -1.54. The Balaban J connectivity index is 1.48.